The number of hydrogen-bond acceptors (Lipinski definition) is 1. The number of nitriles is 1. The summed E-state index contributed by atoms with van der Waals surface area (Å²) in [6, 6.07) is 7.93. The molecule has 0 spiro atoms. The Balaban J connectivity index is 3.03. The Bertz CT molecular complexity index is 347. The molecule has 0 saturated carbocycles. The number of rotatable bonds is 1. The molecule has 0 atom stereocenters. The molecule has 1 nitrogen and oxygen atoms in total. The molecule has 1 aromatic carbocycles. The maximum Gasteiger partial charge on any atom is 0.0912 e. The van der Waals surface area contributed by atoms with Gasteiger partial charge in [-0.05, 0) is 36.3 Å². The van der Waals surface area contributed by atoms with E-state index >= 15 is 0 Å². The maximum absolute atomic E-state index is 8.33. The molecule has 0 aromatic heterocycles. The fourth-order valence-corrected chi connectivity index (χ4v) is 1.43. The topological polar surface area (TPSA) is 23.8 Å². The maximum atomic E-state index is 8.33. The smallest absolute Gasteiger partial charge is 0.0912 e. The van der Waals surface area contributed by atoms with Gasteiger partial charge in [0.2, 0.25) is 0 Å². The molecule has 0 aliphatic carbocycles. The number of nitrogens with zero attached hydrogens (tertiary/aromatic N) is 1. The van der Waals surface area contributed by atoms with Crippen molar-refractivity contribution in [3.05, 3.63) is 39.9 Å². The van der Waals surface area contributed by atoms with Gasteiger partial charge in [-0.1, -0.05) is 22.0 Å². The van der Waals surface area contributed by atoms with Crippen LogP contribution in [0.4, 0.5) is 0 Å². The van der Waals surface area contributed by atoms with Gasteiger partial charge in [-0.2, -0.15) is 5.26 Å². The minimum absolute atomic E-state index is 1.06. The summed E-state index contributed by atoms with van der Waals surface area (Å²) in [7, 11) is 0. The van der Waals surface area contributed by atoms with Crippen molar-refractivity contribution in [1.82, 2.24) is 0 Å². The summed E-state index contributed by atoms with van der Waals surface area (Å²) in [5.41, 5.74) is 2.25. The van der Waals surface area contributed by atoms with E-state index in [4.69, 9.17) is 5.26 Å². The number of halogens is 1. The van der Waals surface area contributed by atoms with Crippen molar-refractivity contribution in [3.8, 4) is 6.07 Å². The lowest BCUT2D eigenvalue weighted by molar-refractivity contribution is 1.42. The normalized spacial score (nSPS) is 10.1. The van der Waals surface area contributed by atoms with E-state index in [1.54, 1.807) is 0 Å². The summed E-state index contributed by atoms with van der Waals surface area (Å²) in [4.78, 5) is 0. The third kappa shape index (κ3) is 2.21. The molecular formula is C10H8BrN. The highest BCUT2D eigenvalue weighted by Crippen LogP contribution is 2.16. The van der Waals surface area contributed by atoms with E-state index in [1.165, 1.54) is 6.08 Å². The molecule has 0 saturated heterocycles. The van der Waals surface area contributed by atoms with Crippen molar-refractivity contribution in [2.75, 3.05) is 0 Å². The number of benzene rings is 1. The van der Waals surface area contributed by atoms with E-state index in [9.17, 15) is 0 Å². The van der Waals surface area contributed by atoms with E-state index < -0.39 is 0 Å². The van der Waals surface area contributed by atoms with Crippen molar-refractivity contribution in [2.45, 2.75) is 6.92 Å². The Labute approximate surface area is 80.5 Å². The lowest BCUT2D eigenvalue weighted by Gasteiger charge is -1.98. The van der Waals surface area contributed by atoms with Crippen LogP contribution in [0, 0.1) is 18.3 Å². The van der Waals surface area contributed by atoms with Crippen LogP contribution in [-0.4, -0.2) is 0 Å². The van der Waals surface area contributed by atoms with Gasteiger partial charge in [0.05, 0.1) is 6.07 Å². The molecule has 0 amide bonds. The van der Waals surface area contributed by atoms with Crippen LogP contribution >= 0.6 is 15.9 Å². The van der Waals surface area contributed by atoms with Gasteiger partial charge < -0.3 is 0 Å². The first-order valence-electron chi connectivity index (χ1n) is 3.56. The van der Waals surface area contributed by atoms with Crippen molar-refractivity contribution in [3.63, 3.8) is 0 Å². The van der Waals surface area contributed by atoms with Gasteiger partial charge in [0.1, 0.15) is 0 Å². The van der Waals surface area contributed by atoms with E-state index in [1.807, 2.05) is 37.3 Å². The summed E-state index contributed by atoms with van der Waals surface area (Å²) in [6.07, 6.45) is 3.29. The first-order chi connectivity index (χ1) is 5.74. The van der Waals surface area contributed by atoms with Crippen molar-refractivity contribution in [1.29, 1.82) is 5.26 Å². The van der Waals surface area contributed by atoms with Gasteiger partial charge in [-0.25, -0.2) is 0 Å². The molecule has 0 aliphatic heterocycles. The summed E-state index contributed by atoms with van der Waals surface area (Å²) >= 11 is 3.38. The molecule has 0 fully saturated rings. The Morgan fingerprint density at radius 3 is 2.83 bits per heavy atom. The van der Waals surface area contributed by atoms with Crippen LogP contribution in [0.25, 0.3) is 6.08 Å². The van der Waals surface area contributed by atoms with Crippen molar-refractivity contribution >= 4 is 22.0 Å². The van der Waals surface area contributed by atoms with Crippen LogP contribution in [0.1, 0.15) is 11.1 Å². The van der Waals surface area contributed by atoms with E-state index in [2.05, 4.69) is 15.9 Å². The van der Waals surface area contributed by atoms with E-state index in [0.29, 0.717) is 0 Å². The number of allylic oxidation sites excluding steroid dienone is 1. The molecule has 0 radical (unpaired) electrons. The number of hydrogen-bond donors (Lipinski definition) is 0. The second kappa shape index (κ2) is 4.08. The molecule has 1 rings (SSSR count). The predicted octanol–water partition coefficient (Wildman–Crippen LogP) is 3.29. The molecule has 60 valence electrons. The second-order valence-electron chi connectivity index (χ2n) is 2.46. The highest BCUT2D eigenvalue weighted by Gasteiger charge is 1.93. The lowest BCUT2D eigenvalue weighted by Crippen LogP contribution is -1.78. The molecular weight excluding hydrogens is 214 g/mol. The minimum atomic E-state index is 1.06. The van der Waals surface area contributed by atoms with Crippen LogP contribution in [0.2, 0.25) is 0 Å². The van der Waals surface area contributed by atoms with Crippen molar-refractivity contribution < 1.29 is 0 Å². The van der Waals surface area contributed by atoms with Crippen LogP contribution in [-0.2, 0) is 0 Å². The van der Waals surface area contributed by atoms with Crippen molar-refractivity contribution in [2.24, 2.45) is 0 Å². The Morgan fingerprint density at radius 2 is 2.25 bits per heavy atom. The average molecular weight is 222 g/mol. The molecule has 0 aliphatic rings. The Kier molecular flexibility index (Phi) is 3.07. The largest absolute Gasteiger partial charge is 0.193 e. The molecule has 1 aromatic rings. The molecule has 0 N–H and O–H groups in total. The Hall–Kier alpha value is -1.07. The zero-order valence-electron chi connectivity index (χ0n) is 6.71. The summed E-state index contributed by atoms with van der Waals surface area (Å²) in [5.74, 6) is 0. The van der Waals surface area contributed by atoms with Gasteiger partial charge in [-0.3, -0.25) is 0 Å². The first kappa shape index (κ1) is 9.02. The van der Waals surface area contributed by atoms with Gasteiger partial charge in [-0.15, -0.1) is 0 Å². The van der Waals surface area contributed by atoms with Crippen LogP contribution in [0.3, 0.4) is 0 Å². The summed E-state index contributed by atoms with van der Waals surface area (Å²) in [6.45, 7) is 2.02. The van der Waals surface area contributed by atoms with Gasteiger partial charge >= 0.3 is 0 Å². The molecule has 0 unspecified atom stereocenters. The summed E-state index contributed by atoms with van der Waals surface area (Å²) in [5, 5.41) is 8.33. The van der Waals surface area contributed by atoms with Gasteiger partial charge in [0.15, 0.2) is 0 Å². The van der Waals surface area contributed by atoms with Crippen LogP contribution < -0.4 is 0 Å². The predicted molar refractivity (Wildman–Crippen MR) is 53.5 cm³/mol. The average Bonchev–Trinajstić information content (AvgIpc) is 2.03. The van der Waals surface area contributed by atoms with Crippen LogP contribution in [0.5, 0.6) is 0 Å². The zero-order chi connectivity index (χ0) is 8.97. The van der Waals surface area contributed by atoms with E-state index in [-0.39, 0.29) is 0 Å². The molecule has 2 heteroatoms. The highest BCUT2D eigenvalue weighted by molar-refractivity contribution is 9.10. The SMILES string of the molecule is Cc1cc(Br)ccc1C=CC#N. The number of aryl methyl sites for hydroxylation is 1. The van der Waals surface area contributed by atoms with Gasteiger partial charge in [0.25, 0.3) is 0 Å². The highest BCUT2D eigenvalue weighted by atomic mass is 79.9. The lowest BCUT2D eigenvalue weighted by atomic mass is 10.1. The third-order valence-corrected chi connectivity index (χ3v) is 2.06. The van der Waals surface area contributed by atoms with E-state index in [0.717, 1.165) is 15.6 Å². The summed E-state index contributed by atoms with van der Waals surface area (Å²) < 4.78 is 1.06. The Morgan fingerprint density at radius 1 is 1.50 bits per heavy atom. The van der Waals surface area contributed by atoms with Gasteiger partial charge in [0, 0.05) is 10.5 Å². The molecule has 0 heterocycles. The zero-order valence-corrected chi connectivity index (χ0v) is 8.30. The molecule has 12 heavy (non-hydrogen) atoms. The minimum Gasteiger partial charge on any atom is -0.193 e. The fourth-order valence-electron chi connectivity index (χ4n) is 0.953. The standard InChI is InChI=1S/C10H8BrN/c1-8-7-10(11)5-4-9(8)3-2-6-12/h2-5,7H,1H3. The third-order valence-electron chi connectivity index (χ3n) is 1.57. The fraction of sp³-hybridized carbons (Fsp3) is 0.100. The first-order valence-corrected chi connectivity index (χ1v) is 4.35. The van der Waals surface area contributed by atoms with Crippen LogP contribution in [0.15, 0.2) is 28.7 Å². The second-order valence-corrected chi connectivity index (χ2v) is 3.38. The monoisotopic (exact) mass is 221 g/mol. The quantitative estimate of drug-likeness (QED) is 0.668. The molecule has 0 bridgehead atoms.